The lowest BCUT2D eigenvalue weighted by atomic mass is 10.0. The minimum absolute atomic E-state index is 0.375. The Balaban J connectivity index is 1.90. The van der Waals surface area contributed by atoms with Gasteiger partial charge in [-0.25, -0.2) is 4.98 Å². The average molecular weight is 321 g/mol. The third-order valence-corrected chi connectivity index (χ3v) is 4.48. The van der Waals surface area contributed by atoms with Crippen LogP contribution >= 0.6 is 15.9 Å². The second-order valence-corrected chi connectivity index (χ2v) is 5.91. The van der Waals surface area contributed by atoms with Gasteiger partial charge >= 0.3 is 0 Å². The molecular formula is C15H17BrN2O. The summed E-state index contributed by atoms with van der Waals surface area (Å²) in [5.74, 6) is 1.53. The third-order valence-electron chi connectivity index (χ3n) is 3.79. The second kappa shape index (κ2) is 5.47. The standard InChI is InChI=1S/C15H17BrN2O/c1-10(11-6-8-19-9-11)18-15-13-3-2-4-14(16)12(13)5-7-17-15/h2-5,7,10-11H,6,8-9H2,1H3,(H,17,18). The lowest BCUT2D eigenvalue weighted by Gasteiger charge is -2.20. The number of nitrogens with zero attached hydrogens (tertiary/aromatic N) is 1. The van der Waals surface area contributed by atoms with E-state index in [4.69, 9.17) is 4.74 Å². The van der Waals surface area contributed by atoms with E-state index >= 15 is 0 Å². The molecule has 1 saturated heterocycles. The SMILES string of the molecule is CC(Nc1nccc2c(Br)cccc12)C1CCOC1. The second-order valence-electron chi connectivity index (χ2n) is 5.05. The van der Waals surface area contributed by atoms with E-state index in [0.29, 0.717) is 12.0 Å². The molecule has 2 unspecified atom stereocenters. The fraction of sp³-hybridized carbons (Fsp3) is 0.400. The van der Waals surface area contributed by atoms with Crippen molar-refractivity contribution in [3.63, 3.8) is 0 Å². The third kappa shape index (κ3) is 2.60. The van der Waals surface area contributed by atoms with Crippen molar-refractivity contribution < 1.29 is 4.74 Å². The number of ether oxygens (including phenoxy) is 1. The first-order valence-electron chi connectivity index (χ1n) is 6.63. The van der Waals surface area contributed by atoms with E-state index in [-0.39, 0.29) is 0 Å². The molecule has 0 amide bonds. The number of benzene rings is 1. The zero-order valence-corrected chi connectivity index (χ0v) is 12.5. The number of aromatic nitrogens is 1. The van der Waals surface area contributed by atoms with E-state index < -0.39 is 0 Å². The van der Waals surface area contributed by atoms with Crippen LogP contribution in [0, 0.1) is 5.92 Å². The minimum atomic E-state index is 0.375. The van der Waals surface area contributed by atoms with Crippen molar-refractivity contribution in [2.24, 2.45) is 5.92 Å². The van der Waals surface area contributed by atoms with Gasteiger partial charge in [-0.15, -0.1) is 0 Å². The number of fused-ring (bicyclic) bond motifs is 1. The summed E-state index contributed by atoms with van der Waals surface area (Å²) >= 11 is 3.59. The zero-order chi connectivity index (χ0) is 13.2. The van der Waals surface area contributed by atoms with Crippen molar-refractivity contribution in [1.82, 2.24) is 4.98 Å². The lowest BCUT2D eigenvalue weighted by Crippen LogP contribution is -2.26. The van der Waals surface area contributed by atoms with Crippen LogP contribution in [0.3, 0.4) is 0 Å². The van der Waals surface area contributed by atoms with Crippen molar-refractivity contribution in [2.75, 3.05) is 18.5 Å². The van der Waals surface area contributed by atoms with Crippen LogP contribution in [-0.4, -0.2) is 24.2 Å². The molecule has 3 nitrogen and oxygen atoms in total. The van der Waals surface area contributed by atoms with Crippen LogP contribution in [-0.2, 0) is 4.74 Å². The quantitative estimate of drug-likeness (QED) is 0.933. The molecule has 1 aromatic carbocycles. The van der Waals surface area contributed by atoms with Crippen molar-refractivity contribution in [3.8, 4) is 0 Å². The summed E-state index contributed by atoms with van der Waals surface area (Å²) in [6.45, 7) is 3.94. The molecule has 0 bridgehead atoms. The molecule has 4 heteroatoms. The number of anilines is 1. The molecule has 1 aliphatic rings. The Kier molecular flexibility index (Phi) is 3.71. The van der Waals surface area contributed by atoms with Crippen molar-refractivity contribution in [1.29, 1.82) is 0 Å². The first kappa shape index (κ1) is 12.9. The molecule has 0 aliphatic carbocycles. The Bertz CT molecular complexity index is 581. The molecule has 1 aromatic heterocycles. The summed E-state index contributed by atoms with van der Waals surface area (Å²) in [5, 5.41) is 5.89. The largest absolute Gasteiger partial charge is 0.381 e. The highest BCUT2D eigenvalue weighted by molar-refractivity contribution is 9.10. The van der Waals surface area contributed by atoms with Gasteiger partial charge in [-0.2, -0.15) is 0 Å². The molecule has 0 radical (unpaired) electrons. The van der Waals surface area contributed by atoms with E-state index in [1.54, 1.807) is 0 Å². The molecule has 2 aromatic rings. The van der Waals surface area contributed by atoms with Crippen LogP contribution in [0.2, 0.25) is 0 Å². The monoisotopic (exact) mass is 320 g/mol. The normalized spacial score (nSPS) is 20.6. The number of pyridine rings is 1. The predicted octanol–water partition coefficient (Wildman–Crippen LogP) is 3.83. The highest BCUT2D eigenvalue weighted by Gasteiger charge is 2.22. The predicted molar refractivity (Wildman–Crippen MR) is 81.5 cm³/mol. The fourth-order valence-electron chi connectivity index (χ4n) is 2.56. The van der Waals surface area contributed by atoms with E-state index in [9.17, 15) is 0 Å². The topological polar surface area (TPSA) is 34.2 Å². The average Bonchev–Trinajstić information content (AvgIpc) is 2.94. The van der Waals surface area contributed by atoms with Gasteiger partial charge in [0.05, 0.1) is 6.61 Å². The molecule has 19 heavy (non-hydrogen) atoms. The van der Waals surface area contributed by atoms with Gasteiger partial charge in [0.15, 0.2) is 0 Å². The first-order chi connectivity index (χ1) is 9.25. The summed E-state index contributed by atoms with van der Waals surface area (Å²) in [5.41, 5.74) is 0. The van der Waals surface area contributed by atoms with E-state index in [1.165, 1.54) is 5.39 Å². The summed E-state index contributed by atoms with van der Waals surface area (Å²) in [6.07, 6.45) is 2.98. The molecular weight excluding hydrogens is 304 g/mol. The molecule has 2 heterocycles. The Morgan fingerprint density at radius 1 is 1.37 bits per heavy atom. The van der Waals surface area contributed by atoms with Crippen LogP contribution in [0.1, 0.15) is 13.3 Å². The number of rotatable bonds is 3. The number of hydrogen-bond donors (Lipinski definition) is 1. The van der Waals surface area contributed by atoms with Gasteiger partial charge < -0.3 is 10.1 Å². The van der Waals surface area contributed by atoms with Gasteiger partial charge in [0.25, 0.3) is 0 Å². The van der Waals surface area contributed by atoms with Gasteiger partial charge in [0.1, 0.15) is 5.82 Å². The molecule has 1 N–H and O–H groups in total. The number of nitrogens with one attached hydrogen (secondary N) is 1. The zero-order valence-electron chi connectivity index (χ0n) is 10.9. The Labute approximate surface area is 121 Å². The van der Waals surface area contributed by atoms with Crippen LogP contribution in [0.25, 0.3) is 10.8 Å². The lowest BCUT2D eigenvalue weighted by molar-refractivity contribution is 0.183. The summed E-state index contributed by atoms with van der Waals surface area (Å²) in [7, 11) is 0. The maximum Gasteiger partial charge on any atom is 0.134 e. The Morgan fingerprint density at radius 3 is 3.05 bits per heavy atom. The number of hydrogen-bond acceptors (Lipinski definition) is 3. The molecule has 1 aliphatic heterocycles. The molecule has 0 spiro atoms. The van der Waals surface area contributed by atoms with Gasteiger partial charge in [-0.3, -0.25) is 0 Å². The van der Waals surface area contributed by atoms with E-state index in [2.05, 4.69) is 45.3 Å². The van der Waals surface area contributed by atoms with Crippen molar-refractivity contribution >= 4 is 32.5 Å². The maximum absolute atomic E-state index is 5.45. The van der Waals surface area contributed by atoms with Crippen molar-refractivity contribution in [3.05, 3.63) is 34.9 Å². The highest BCUT2D eigenvalue weighted by atomic mass is 79.9. The van der Waals surface area contributed by atoms with Crippen LogP contribution in [0.5, 0.6) is 0 Å². The number of halogens is 1. The molecule has 100 valence electrons. The summed E-state index contributed by atoms with van der Waals surface area (Å²) < 4.78 is 6.56. The van der Waals surface area contributed by atoms with Gasteiger partial charge in [0, 0.05) is 40.0 Å². The molecule has 1 fully saturated rings. The minimum Gasteiger partial charge on any atom is -0.381 e. The smallest absolute Gasteiger partial charge is 0.134 e. The fourth-order valence-corrected chi connectivity index (χ4v) is 3.06. The maximum atomic E-state index is 5.45. The van der Waals surface area contributed by atoms with Gasteiger partial charge in [-0.1, -0.05) is 28.1 Å². The van der Waals surface area contributed by atoms with Crippen LogP contribution < -0.4 is 5.32 Å². The van der Waals surface area contributed by atoms with Crippen LogP contribution in [0.15, 0.2) is 34.9 Å². The van der Waals surface area contributed by atoms with E-state index in [1.807, 2.05) is 18.3 Å². The Morgan fingerprint density at radius 2 is 2.26 bits per heavy atom. The van der Waals surface area contributed by atoms with Gasteiger partial charge in [-0.05, 0) is 25.5 Å². The van der Waals surface area contributed by atoms with E-state index in [0.717, 1.165) is 35.3 Å². The summed E-state index contributed by atoms with van der Waals surface area (Å²) in [6, 6.07) is 8.61. The molecule has 0 saturated carbocycles. The van der Waals surface area contributed by atoms with Crippen molar-refractivity contribution in [2.45, 2.75) is 19.4 Å². The molecule has 3 rings (SSSR count). The Hall–Kier alpha value is -1.13. The van der Waals surface area contributed by atoms with Gasteiger partial charge in [0.2, 0.25) is 0 Å². The highest BCUT2D eigenvalue weighted by Crippen LogP contribution is 2.29. The summed E-state index contributed by atoms with van der Waals surface area (Å²) in [4.78, 5) is 4.49. The first-order valence-corrected chi connectivity index (χ1v) is 7.42. The molecule has 2 atom stereocenters. The van der Waals surface area contributed by atoms with Crippen LogP contribution in [0.4, 0.5) is 5.82 Å².